The van der Waals surface area contributed by atoms with Gasteiger partial charge in [0, 0.05) is 11.8 Å². The van der Waals surface area contributed by atoms with Gasteiger partial charge in [0.2, 0.25) is 5.91 Å². The van der Waals surface area contributed by atoms with E-state index in [1.807, 2.05) is 32.0 Å². The van der Waals surface area contributed by atoms with E-state index >= 15 is 0 Å². The number of carbonyl (C=O) groups excluding carboxylic acids is 3. The van der Waals surface area contributed by atoms with Crippen molar-refractivity contribution in [1.82, 2.24) is 5.16 Å². The number of nitrogens with zero attached hydrogens (tertiary/aromatic N) is 1. The molecule has 9 heteroatoms. The molecule has 1 heterocycles. The van der Waals surface area contributed by atoms with Crippen LogP contribution in [0.4, 0.5) is 11.5 Å². The molecule has 0 saturated heterocycles. The summed E-state index contributed by atoms with van der Waals surface area (Å²) in [6.45, 7) is 5.11. The Morgan fingerprint density at radius 3 is 2.41 bits per heavy atom. The van der Waals surface area contributed by atoms with E-state index in [4.69, 9.17) is 9.26 Å². The first-order valence-corrected chi connectivity index (χ1v) is 9.33. The maximum absolute atomic E-state index is 11.9. The molecule has 144 valence electrons. The lowest BCUT2D eigenvalue weighted by molar-refractivity contribution is -0.144. The third-order valence-corrected chi connectivity index (χ3v) is 4.36. The zero-order chi connectivity index (χ0) is 19.8. The molecule has 2 rings (SSSR count). The lowest BCUT2D eigenvalue weighted by Gasteiger charge is -2.11. The molecule has 0 unspecified atom stereocenters. The van der Waals surface area contributed by atoms with Gasteiger partial charge in [0.1, 0.15) is 5.76 Å². The first kappa shape index (κ1) is 20.5. The summed E-state index contributed by atoms with van der Waals surface area (Å²) in [7, 11) is 0. The minimum absolute atomic E-state index is 0.0397. The minimum Gasteiger partial charge on any atom is -0.455 e. The minimum atomic E-state index is -0.568. The van der Waals surface area contributed by atoms with Crippen LogP contribution in [0.15, 0.2) is 28.8 Å². The number of benzene rings is 1. The van der Waals surface area contributed by atoms with Gasteiger partial charge in [0.25, 0.3) is 5.91 Å². The maximum Gasteiger partial charge on any atom is 0.316 e. The van der Waals surface area contributed by atoms with E-state index in [0.717, 1.165) is 22.9 Å². The molecule has 0 aliphatic rings. The summed E-state index contributed by atoms with van der Waals surface area (Å²) in [6, 6.07) is 7.26. The molecule has 27 heavy (non-hydrogen) atoms. The van der Waals surface area contributed by atoms with E-state index in [-0.39, 0.29) is 24.0 Å². The number of aryl methyl sites for hydroxylation is 3. The highest BCUT2D eigenvalue weighted by molar-refractivity contribution is 8.00. The van der Waals surface area contributed by atoms with E-state index in [1.54, 1.807) is 13.0 Å². The third-order valence-electron chi connectivity index (χ3n) is 3.46. The molecule has 0 bridgehead atoms. The lowest BCUT2D eigenvalue weighted by atomic mass is 10.1. The Morgan fingerprint density at radius 1 is 1.07 bits per heavy atom. The predicted octanol–water partition coefficient (Wildman–Crippen LogP) is 2.45. The number of rotatable bonds is 8. The van der Waals surface area contributed by atoms with Crippen molar-refractivity contribution in [2.24, 2.45) is 0 Å². The molecule has 2 aromatic rings. The summed E-state index contributed by atoms with van der Waals surface area (Å²) in [4.78, 5) is 35.3. The predicted molar refractivity (Wildman–Crippen MR) is 103 cm³/mol. The lowest BCUT2D eigenvalue weighted by Crippen LogP contribution is -2.23. The summed E-state index contributed by atoms with van der Waals surface area (Å²) in [5.74, 6) is -0.373. The van der Waals surface area contributed by atoms with Crippen LogP contribution in [0.5, 0.6) is 0 Å². The van der Waals surface area contributed by atoms with E-state index in [0.29, 0.717) is 17.3 Å². The number of para-hydroxylation sites is 1. The molecule has 2 amide bonds. The molecule has 0 atom stereocenters. The van der Waals surface area contributed by atoms with Crippen molar-refractivity contribution in [3.8, 4) is 0 Å². The number of amides is 2. The van der Waals surface area contributed by atoms with Gasteiger partial charge in [-0.1, -0.05) is 23.4 Å². The van der Waals surface area contributed by atoms with Gasteiger partial charge in [-0.25, -0.2) is 0 Å². The fourth-order valence-corrected chi connectivity index (χ4v) is 2.82. The molecule has 0 radical (unpaired) electrons. The van der Waals surface area contributed by atoms with Crippen LogP contribution in [0.3, 0.4) is 0 Å². The van der Waals surface area contributed by atoms with Gasteiger partial charge < -0.3 is 19.9 Å². The highest BCUT2D eigenvalue weighted by Gasteiger charge is 2.12. The Kier molecular flexibility index (Phi) is 7.42. The fraction of sp³-hybridized carbons (Fsp3) is 0.333. The van der Waals surface area contributed by atoms with Crippen molar-refractivity contribution in [1.29, 1.82) is 0 Å². The summed E-state index contributed by atoms with van der Waals surface area (Å²) in [5, 5.41) is 8.92. The van der Waals surface area contributed by atoms with Crippen LogP contribution in [0, 0.1) is 20.8 Å². The zero-order valence-corrected chi connectivity index (χ0v) is 16.1. The number of ether oxygens (including phenoxy) is 1. The van der Waals surface area contributed by atoms with E-state index < -0.39 is 11.9 Å². The number of anilines is 2. The average molecular weight is 391 g/mol. The third kappa shape index (κ3) is 6.78. The molecule has 0 aliphatic carbocycles. The number of esters is 1. The molecular formula is C18H21N3O5S. The Hall–Kier alpha value is -2.81. The molecule has 2 N–H and O–H groups in total. The second kappa shape index (κ2) is 9.77. The van der Waals surface area contributed by atoms with Crippen LogP contribution < -0.4 is 10.6 Å². The van der Waals surface area contributed by atoms with Crippen LogP contribution in [-0.2, 0) is 19.1 Å². The highest BCUT2D eigenvalue weighted by atomic mass is 32.2. The number of hydrogen-bond acceptors (Lipinski definition) is 7. The first-order chi connectivity index (χ1) is 12.8. The summed E-state index contributed by atoms with van der Waals surface area (Å²) in [5.41, 5.74) is 2.57. The van der Waals surface area contributed by atoms with Gasteiger partial charge in [-0.3, -0.25) is 14.4 Å². The van der Waals surface area contributed by atoms with E-state index in [9.17, 15) is 14.4 Å². The summed E-state index contributed by atoms with van der Waals surface area (Å²) < 4.78 is 9.76. The van der Waals surface area contributed by atoms with Gasteiger partial charge in [-0.05, 0) is 31.9 Å². The largest absolute Gasteiger partial charge is 0.455 e. The van der Waals surface area contributed by atoms with Crippen LogP contribution in [0.1, 0.15) is 16.9 Å². The van der Waals surface area contributed by atoms with Crippen LogP contribution in [-0.4, -0.2) is 41.1 Å². The fourth-order valence-electron chi connectivity index (χ4n) is 2.21. The Morgan fingerprint density at radius 2 is 1.78 bits per heavy atom. The number of thioether (sulfide) groups is 1. The average Bonchev–Trinajstić information content (AvgIpc) is 3.01. The molecular weight excluding hydrogens is 370 g/mol. The molecule has 1 aromatic heterocycles. The van der Waals surface area contributed by atoms with Crippen molar-refractivity contribution in [2.45, 2.75) is 20.8 Å². The SMILES string of the molecule is Cc1cc(NC(=O)CSCC(=O)OCC(=O)Nc2c(C)cccc2C)no1. The van der Waals surface area contributed by atoms with Crippen molar-refractivity contribution in [2.75, 3.05) is 28.7 Å². The summed E-state index contributed by atoms with van der Waals surface area (Å²) in [6.07, 6.45) is 0. The maximum atomic E-state index is 11.9. The number of hydrogen-bond donors (Lipinski definition) is 2. The highest BCUT2D eigenvalue weighted by Crippen LogP contribution is 2.19. The van der Waals surface area contributed by atoms with Crippen LogP contribution in [0.25, 0.3) is 0 Å². The molecule has 0 saturated carbocycles. The monoisotopic (exact) mass is 391 g/mol. The summed E-state index contributed by atoms with van der Waals surface area (Å²) >= 11 is 1.08. The van der Waals surface area contributed by atoms with Gasteiger partial charge in [0.05, 0.1) is 11.5 Å². The molecule has 0 fully saturated rings. The normalized spacial score (nSPS) is 10.3. The molecule has 0 spiro atoms. The van der Waals surface area contributed by atoms with Gasteiger partial charge in [-0.15, -0.1) is 11.8 Å². The standard InChI is InChI=1S/C18H21N3O5S/c1-11-5-4-6-12(2)18(11)20-15(22)8-25-17(24)10-27-9-16(23)19-14-7-13(3)26-21-14/h4-7H,8-10H2,1-3H3,(H,20,22)(H,19,21,23). The molecule has 0 aliphatic heterocycles. The quantitative estimate of drug-likeness (QED) is 0.665. The number of nitrogens with one attached hydrogen (secondary N) is 2. The van der Waals surface area contributed by atoms with Crippen molar-refractivity contribution >= 4 is 41.1 Å². The van der Waals surface area contributed by atoms with Crippen molar-refractivity contribution in [3.05, 3.63) is 41.2 Å². The van der Waals surface area contributed by atoms with Crippen LogP contribution in [0.2, 0.25) is 0 Å². The zero-order valence-electron chi connectivity index (χ0n) is 15.3. The second-order valence-electron chi connectivity index (χ2n) is 5.84. The van der Waals surface area contributed by atoms with E-state index in [2.05, 4.69) is 15.8 Å². The molecule has 1 aromatic carbocycles. The Balaban J connectivity index is 1.65. The Bertz CT molecular complexity index is 814. The van der Waals surface area contributed by atoms with Gasteiger partial charge >= 0.3 is 5.97 Å². The van der Waals surface area contributed by atoms with Gasteiger partial charge in [-0.2, -0.15) is 0 Å². The van der Waals surface area contributed by atoms with Gasteiger partial charge in [0.15, 0.2) is 12.4 Å². The Labute approximate surface area is 161 Å². The number of aromatic nitrogens is 1. The number of carbonyl (C=O) groups is 3. The topological polar surface area (TPSA) is 111 Å². The second-order valence-corrected chi connectivity index (χ2v) is 6.83. The molecule has 8 nitrogen and oxygen atoms in total. The van der Waals surface area contributed by atoms with Crippen molar-refractivity contribution < 1.29 is 23.6 Å². The first-order valence-electron chi connectivity index (χ1n) is 8.17. The van der Waals surface area contributed by atoms with Crippen LogP contribution >= 0.6 is 11.8 Å². The van der Waals surface area contributed by atoms with E-state index in [1.165, 1.54) is 0 Å². The smallest absolute Gasteiger partial charge is 0.316 e. The van der Waals surface area contributed by atoms with Crippen molar-refractivity contribution in [3.63, 3.8) is 0 Å².